The third-order valence-electron chi connectivity index (χ3n) is 5.53. The van der Waals surface area contributed by atoms with Gasteiger partial charge in [-0.25, -0.2) is 14.6 Å². The Bertz CT molecular complexity index is 1640. The summed E-state index contributed by atoms with van der Waals surface area (Å²) in [6.45, 7) is 12.4. The molecule has 38 heavy (non-hydrogen) atoms. The molecule has 0 aliphatic rings. The van der Waals surface area contributed by atoms with Gasteiger partial charge in [0.1, 0.15) is 11.2 Å². The van der Waals surface area contributed by atoms with Crippen LogP contribution < -0.4 is 0 Å². The molecule has 0 saturated carbocycles. The summed E-state index contributed by atoms with van der Waals surface area (Å²) < 4.78 is 12.3. The number of benzene rings is 2. The Morgan fingerprint density at radius 3 is 1.87 bits per heavy atom. The number of nitrogens with zero attached hydrogens (tertiary/aromatic N) is 2. The molecule has 0 amide bonds. The largest absolute Gasteiger partial charge is 0.457 e. The number of ether oxygens (including phenoxy) is 2. The van der Waals surface area contributed by atoms with Gasteiger partial charge >= 0.3 is 11.9 Å². The van der Waals surface area contributed by atoms with E-state index in [1.165, 1.54) is 19.1 Å². The zero-order valence-electron chi connectivity index (χ0n) is 22.8. The minimum Gasteiger partial charge on any atom is -0.457 e. The highest BCUT2D eigenvalue weighted by Crippen LogP contribution is 2.32. The lowest BCUT2D eigenvalue weighted by Crippen LogP contribution is -2.22. The van der Waals surface area contributed by atoms with E-state index in [1.807, 2.05) is 84.0 Å². The van der Waals surface area contributed by atoms with E-state index in [2.05, 4.69) is 0 Å². The van der Waals surface area contributed by atoms with Crippen LogP contribution in [0.25, 0.3) is 45.0 Å². The van der Waals surface area contributed by atoms with Gasteiger partial charge < -0.3 is 9.47 Å². The molecule has 0 aliphatic heterocycles. The molecule has 196 valence electrons. The van der Waals surface area contributed by atoms with Crippen LogP contribution in [0.5, 0.6) is 0 Å². The topological polar surface area (TPSA) is 87.5 Å². The predicted molar refractivity (Wildman–Crippen MR) is 151 cm³/mol. The molecule has 2 aromatic heterocycles. The molecule has 0 unspecified atom stereocenters. The van der Waals surface area contributed by atoms with E-state index in [0.717, 1.165) is 32.9 Å². The zero-order chi connectivity index (χ0) is 27.8. The average Bonchev–Trinajstić information content (AvgIpc) is 3.10. The SMILES string of the molecule is CC(=O)n1c2ccc(/C=C/C(=O)OC(C)(C)C)cc2c2nc3ccc(/C=C/C(=O)OC(C)(C)C)cc3cc21. The quantitative estimate of drug-likeness (QED) is 0.223. The van der Waals surface area contributed by atoms with E-state index >= 15 is 0 Å². The Balaban J connectivity index is 1.76. The number of carbonyl (C=O) groups excluding carboxylic acids is 3. The van der Waals surface area contributed by atoms with E-state index in [-0.39, 0.29) is 5.91 Å². The van der Waals surface area contributed by atoms with E-state index in [4.69, 9.17) is 14.5 Å². The van der Waals surface area contributed by atoms with Gasteiger partial charge in [0.05, 0.1) is 22.1 Å². The molecule has 0 radical (unpaired) electrons. The Morgan fingerprint density at radius 1 is 0.763 bits per heavy atom. The van der Waals surface area contributed by atoms with Crippen LogP contribution >= 0.6 is 0 Å². The van der Waals surface area contributed by atoms with Crippen molar-refractivity contribution in [2.75, 3.05) is 0 Å². The van der Waals surface area contributed by atoms with Crippen molar-refractivity contribution in [1.29, 1.82) is 0 Å². The van der Waals surface area contributed by atoms with Crippen LogP contribution in [0.15, 0.2) is 54.6 Å². The smallest absolute Gasteiger partial charge is 0.331 e. The molecule has 7 nitrogen and oxygen atoms in total. The second kappa shape index (κ2) is 9.89. The van der Waals surface area contributed by atoms with Crippen molar-refractivity contribution in [3.05, 3.63) is 65.7 Å². The standard InChI is InChI=1S/C31H32N2O5/c1-19(34)33-25-13-9-21(11-15-28(36)38-31(5,6)7)17-23(25)29-26(33)18-22-16-20(8-12-24(22)32-29)10-14-27(35)37-30(2,3)4/h8-18H,1-7H3/b14-10+,15-11+. The molecule has 7 heteroatoms. The van der Waals surface area contributed by atoms with Gasteiger partial charge in [0.25, 0.3) is 0 Å². The maximum absolute atomic E-state index is 12.7. The summed E-state index contributed by atoms with van der Waals surface area (Å²) in [4.78, 5) is 41.7. The second-order valence-electron chi connectivity index (χ2n) is 11.2. The molecule has 0 aliphatic carbocycles. The van der Waals surface area contributed by atoms with Crippen LogP contribution in [0.4, 0.5) is 0 Å². The highest BCUT2D eigenvalue weighted by atomic mass is 16.6. The van der Waals surface area contributed by atoms with E-state index in [9.17, 15) is 14.4 Å². The van der Waals surface area contributed by atoms with Gasteiger partial charge in [-0.3, -0.25) is 9.36 Å². The first-order chi connectivity index (χ1) is 17.7. The Labute approximate surface area is 221 Å². The van der Waals surface area contributed by atoms with Crippen LogP contribution in [0, 0.1) is 0 Å². The summed E-state index contributed by atoms with van der Waals surface area (Å²) in [6.07, 6.45) is 6.18. The average molecular weight is 513 g/mol. The second-order valence-corrected chi connectivity index (χ2v) is 11.2. The van der Waals surface area contributed by atoms with Gasteiger partial charge in [-0.1, -0.05) is 12.1 Å². The van der Waals surface area contributed by atoms with Gasteiger partial charge in [-0.2, -0.15) is 0 Å². The van der Waals surface area contributed by atoms with Crippen LogP contribution in [-0.2, 0) is 19.1 Å². The van der Waals surface area contributed by atoms with Crippen LogP contribution in [-0.4, -0.2) is 38.6 Å². The molecule has 2 aromatic carbocycles. The molecule has 4 aromatic rings. The lowest BCUT2D eigenvalue weighted by atomic mass is 10.1. The summed E-state index contributed by atoms with van der Waals surface area (Å²) >= 11 is 0. The number of pyridine rings is 1. The number of fused-ring (bicyclic) bond motifs is 4. The highest BCUT2D eigenvalue weighted by molar-refractivity contribution is 6.14. The van der Waals surface area contributed by atoms with Gasteiger partial charge in [-0.05, 0) is 95.2 Å². The first-order valence-electron chi connectivity index (χ1n) is 12.4. The summed E-state index contributed by atoms with van der Waals surface area (Å²) in [6, 6.07) is 13.2. The van der Waals surface area contributed by atoms with Gasteiger partial charge in [0.15, 0.2) is 0 Å². The third-order valence-corrected chi connectivity index (χ3v) is 5.53. The van der Waals surface area contributed by atoms with Crippen LogP contribution in [0.1, 0.15) is 64.4 Å². The molecule has 0 spiro atoms. The molecular formula is C31H32N2O5. The maximum atomic E-state index is 12.7. The van der Waals surface area contributed by atoms with E-state index in [1.54, 1.807) is 16.7 Å². The van der Waals surface area contributed by atoms with Crippen LogP contribution in [0.3, 0.4) is 0 Å². The van der Waals surface area contributed by atoms with Crippen molar-refractivity contribution < 1.29 is 23.9 Å². The summed E-state index contributed by atoms with van der Waals surface area (Å²) in [5.74, 6) is -0.979. The number of hydrogen-bond acceptors (Lipinski definition) is 6. The summed E-state index contributed by atoms with van der Waals surface area (Å²) in [7, 11) is 0. The fourth-order valence-electron chi connectivity index (χ4n) is 4.17. The molecule has 0 atom stereocenters. The fourth-order valence-corrected chi connectivity index (χ4v) is 4.17. The van der Waals surface area contributed by atoms with Gasteiger partial charge in [0, 0.05) is 29.8 Å². The van der Waals surface area contributed by atoms with E-state index < -0.39 is 23.1 Å². The van der Waals surface area contributed by atoms with Crippen molar-refractivity contribution in [3.63, 3.8) is 0 Å². The third kappa shape index (κ3) is 6.17. The van der Waals surface area contributed by atoms with Crippen molar-refractivity contribution in [1.82, 2.24) is 9.55 Å². The number of hydrogen-bond donors (Lipinski definition) is 0. The lowest BCUT2D eigenvalue weighted by Gasteiger charge is -2.17. The number of rotatable bonds is 4. The van der Waals surface area contributed by atoms with Crippen molar-refractivity contribution in [3.8, 4) is 0 Å². The molecule has 0 saturated heterocycles. The highest BCUT2D eigenvalue weighted by Gasteiger charge is 2.17. The monoisotopic (exact) mass is 512 g/mol. The molecule has 2 heterocycles. The van der Waals surface area contributed by atoms with Crippen molar-refractivity contribution in [2.24, 2.45) is 0 Å². The molecule has 4 rings (SSSR count). The normalized spacial score (nSPS) is 12.7. The van der Waals surface area contributed by atoms with Gasteiger partial charge in [-0.15, -0.1) is 0 Å². The van der Waals surface area contributed by atoms with Crippen molar-refractivity contribution >= 4 is 62.8 Å². The first kappa shape index (κ1) is 26.8. The number of carbonyl (C=O) groups is 3. The Morgan fingerprint density at radius 2 is 1.32 bits per heavy atom. The maximum Gasteiger partial charge on any atom is 0.331 e. The minimum absolute atomic E-state index is 0.135. The molecule has 0 bridgehead atoms. The summed E-state index contributed by atoms with van der Waals surface area (Å²) in [5.41, 5.74) is 3.32. The summed E-state index contributed by atoms with van der Waals surface area (Å²) in [5, 5.41) is 1.64. The molecular weight excluding hydrogens is 480 g/mol. The Hall–Kier alpha value is -4.26. The predicted octanol–water partition coefficient (Wildman–Crippen LogP) is 6.71. The molecule has 0 fully saturated rings. The minimum atomic E-state index is -0.573. The van der Waals surface area contributed by atoms with Crippen LogP contribution in [0.2, 0.25) is 0 Å². The van der Waals surface area contributed by atoms with E-state index in [0.29, 0.717) is 11.0 Å². The van der Waals surface area contributed by atoms with Gasteiger partial charge in [0.2, 0.25) is 5.91 Å². The fraction of sp³-hybridized carbons (Fsp3) is 0.290. The number of esters is 2. The number of aromatic nitrogens is 2. The van der Waals surface area contributed by atoms with Crippen molar-refractivity contribution in [2.45, 2.75) is 59.7 Å². The first-order valence-corrected chi connectivity index (χ1v) is 12.4. The zero-order valence-corrected chi connectivity index (χ0v) is 22.8. The lowest BCUT2D eigenvalue weighted by molar-refractivity contribution is -0.149. The Kier molecular flexibility index (Phi) is 6.98. The molecule has 0 N–H and O–H groups in total.